The lowest BCUT2D eigenvalue weighted by molar-refractivity contribution is 0.152. The van der Waals surface area contributed by atoms with E-state index in [0.717, 1.165) is 49.2 Å². The van der Waals surface area contributed by atoms with Gasteiger partial charge in [0, 0.05) is 23.2 Å². The summed E-state index contributed by atoms with van der Waals surface area (Å²) in [6, 6.07) is 7.64. The standard InChI is InChI=1S/C21H28N4O2/c1-13-12-21(2,3)10-9-17(13)23-20(26)22-16-6-4-5-15(11-16)18-24-19(27-25-18)14-7-8-14/h4-6,11,13-14,17H,7-10,12H2,1-3H3,(H2,22,23,26). The molecule has 1 heterocycles. The van der Waals surface area contributed by atoms with Crippen molar-refractivity contribution in [3.8, 4) is 11.4 Å². The summed E-state index contributed by atoms with van der Waals surface area (Å²) in [4.78, 5) is 16.9. The number of nitrogens with one attached hydrogen (secondary N) is 2. The zero-order chi connectivity index (χ0) is 19.0. The van der Waals surface area contributed by atoms with E-state index in [0.29, 0.717) is 23.1 Å². The summed E-state index contributed by atoms with van der Waals surface area (Å²) in [7, 11) is 0. The molecule has 2 unspecified atom stereocenters. The zero-order valence-electron chi connectivity index (χ0n) is 16.3. The maximum Gasteiger partial charge on any atom is 0.319 e. The monoisotopic (exact) mass is 368 g/mol. The van der Waals surface area contributed by atoms with Gasteiger partial charge < -0.3 is 15.2 Å². The summed E-state index contributed by atoms with van der Waals surface area (Å²) in [6.07, 6.45) is 5.54. The van der Waals surface area contributed by atoms with Crippen LogP contribution >= 0.6 is 0 Å². The van der Waals surface area contributed by atoms with E-state index in [1.165, 1.54) is 0 Å². The van der Waals surface area contributed by atoms with E-state index in [2.05, 4.69) is 41.5 Å². The van der Waals surface area contributed by atoms with Crippen molar-refractivity contribution in [2.75, 3.05) is 5.32 Å². The lowest BCUT2D eigenvalue weighted by atomic mass is 9.70. The third-order valence-corrected chi connectivity index (χ3v) is 5.76. The van der Waals surface area contributed by atoms with Crippen LogP contribution in [0.4, 0.5) is 10.5 Å². The molecule has 1 aromatic heterocycles. The van der Waals surface area contributed by atoms with E-state index in [1.807, 2.05) is 24.3 Å². The van der Waals surface area contributed by atoms with Crippen LogP contribution < -0.4 is 10.6 Å². The van der Waals surface area contributed by atoms with Crippen molar-refractivity contribution in [2.45, 2.75) is 64.8 Å². The minimum absolute atomic E-state index is 0.157. The first kappa shape index (κ1) is 18.0. The van der Waals surface area contributed by atoms with Crippen LogP contribution in [0.25, 0.3) is 11.4 Å². The summed E-state index contributed by atoms with van der Waals surface area (Å²) in [6.45, 7) is 6.83. The van der Waals surface area contributed by atoms with Crippen molar-refractivity contribution in [1.29, 1.82) is 0 Å². The van der Waals surface area contributed by atoms with Gasteiger partial charge in [0.15, 0.2) is 0 Å². The highest BCUT2D eigenvalue weighted by Gasteiger charge is 2.33. The molecule has 1 aromatic carbocycles. The van der Waals surface area contributed by atoms with Gasteiger partial charge in [-0.3, -0.25) is 0 Å². The molecule has 0 saturated heterocycles. The summed E-state index contributed by atoms with van der Waals surface area (Å²) in [5, 5.41) is 10.2. The number of anilines is 1. The van der Waals surface area contributed by atoms with Gasteiger partial charge in [-0.05, 0) is 55.6 Å². The van der Waals surface area contributed by atoms with Gasteiger partial charge in [-0.1, -0.05) is 38.1 Å². The van der Waals surface area contributed by atoms with Crippen LogP contribution in [0.2, 0.25) is 0 Å². The molecule has 0 aliphatic heterocycles. The highest BCUT2D eigenvalue weighted by molar-refractivity contribution is 5.90. The van der Waals surface area contributed by atoms with E-state index in [-0.39, 0.29) is 12.1 Å². The third-order valence-electron chi connectivity index (χ3n) is 5.76. The number of hydrogen-bond donors (Lipinski definition) is 2. The predicted molar refractivity (Wildman–Crippen MR) is 104 cm³/mol. The first-order chi connectivity index (χ1) is 12.9. The maximum absolute atomic E-state index is 12.5. The molecule has 2 fully saturated rings. The Morgan fingerprint density at radius 1 is 1.26 bits per heavy atom. The van der Waals surface area contributed by atoms with Crippen LogP contribution in [0.15, 0.2) is 28.8 Å². The number of amides is 2. The number of aromatic nitrogens is 2. The van der Waals surface area contributed by atoms with Crippen molar-refractivity contribution in [3.05, 3.63) is 30.2 Å². The van der Waals surface area contributed by atoms with E-state index in [1.54, 1.807) is 0 Å². The molecule has 2 saturated carbocycles. The molecule has 0 spiro atoms. The van der Waals surface area contributed by atoms with E-state index < -0.39 is 0 Å². The van der Waals surface area contributed by atoms with Gasteiger partial charge in [0.2, 0.25) is 11.7 Å². The fourth-order valence-corrected chi connectivity index (χ4v) is 4.08. The van der Waals surface area contributed by atoms with Crippen LogP contribution in [0, 0.1) is 11.3 Å². The number of hydrogen-bond acceptors (Lipinski definition) is 4. The van der Waals surface area contributed by atoms with Gasteiger partial charge in [0.25, 0.3) is 0 Å². The SMILES string of the molecule is CC1CC(C)(C)CCC1NC(=O)Nc1cccc(-c2noc(C3CC3)n2)c1. The molecule has 27 heavy (non-hydrogen) atoms. The van der Waals surface area contributed by atoms with Gasteiger partial charge in [0.05, 0.1) is 0 Å². The van der Waals surface area contributed by atoms with Crippen molar-refractivity contribution in [1.82, 2.24) is 15.5 Å². The lowest BCUT2D eigenvalue weighted by Crippen LogP contribution is -2.46. The Kier molecular flexibility index (Phi) is 4.66. The summed E-state index contributed by atoms with van der Waals surface area (Å²) in [5.41, 5.74) is 1.94. The predicted octanol–water partition coefficient (Wildman–Crippen LogP) is 4.95. The van der Waals surface area contributed by atoms with Gasteiger partial charge in [-0.15, -0.1) is 0 Å². The number of carbonyl (C=O) groups is 1. The minimum atomic E-state index is -0.157. The van der Waals surface area contributed by atoms with E-state index in [9.17, 15) is 4.79 Å². The van der Waals surface area contributed by atoms with Crippen molar-refractivity contribution < 1.29 is 9.32 Å². The topological polar surface area (TPSA) is 80.0 Å². The second kappa shape index (κ2) is 6.98. The molecule has 2 atom stereocenters. The number of nitrogens with zero attached hydrogens (tertiary/aromatic N) is 2. The Bertz CT molecular complexity index is 825. The average molecular weight is 368 g/mol. The highest BCUT2D eigenvalue weighted by Crippen LogP contribution is 2.40. The Hall–Kier alpha value is -2.37. The molecule has 6 nitrogen and oxygen atoms in total. The molecule has 144 valence electrons. The van der Waals surface area contributed by atoms with Gasteiger partial charge >= 0.3 is 6.03 Å². The van der Waals surface area contributed by atoms with E-state index in [4.69, 9.17) is 4.52 Å². The first-order valence-corrected chi connectivity index (χ1v) is 9.91. The normalized spacial score (nSPS) is 24.4. The fraction of sp³-hybridized carbons (Fsp3) is 0.571. The largest absolute Gasteiger partial charge is 0.339 e. The van der Waals surface area contributed by atoms with Crippen LogP contribution in [0.1, 0.15) is 64.7 Å². The van der Waals surface area contributed by atoms with Crippen molar-refractivity contribution in [2.24, 2.45) is 11.3 Å². The van der Waals surface area contributed by atoms with Gasteiger partial charge in [-0.2, -0.15) is 4.98 Å². The first-order valence-electron chi connectivity index (χ1n) is 9.91. The molecule has 2 aliphatic rings. The molecule has 2 amide bonds. The smallest absolute Gasteiger partial charge is 0.319 e. The Labute approximate surface area is 160 Å². The van der Waals surface area contributed by atoms with Crippen molar-refractivity contribution >= 4 is 11.7 Å². The number of benzene rings is 1. The number of urea groups is 1. The summed E-state index contributed by atoms with van der Waals surface area (Å²) < 4.78 is 5.33. The molecular weight excluding hydrogens is 340 g/mol. The Morgan fingerprint density at radius 3 is 2.81 bits per heavy atom. The number of carbonyl (C=O) groups excluding carboxylic acids is 1. The summed E-state index contributed by atoms with van der Waals surface area (Å²) in [5.74, 6) is 2.20. The number of rotatable bonds is 4. The maximum atomic E-state index is 12.5. The third kappa shape index (κ3) is 4.31. The average Bonchev–Trinajstić information content (AvgIpc) is 3.34. The Morgan fingerprint density at radius 2 is 2.07 bits per heavy atom. The van der Waals surface area contributed by atoms with Crippen LogP contribution in [0.5, 0.6) is 0 Å². The van der Waals surface area contributed by atoms with Crippen LogP contribution in [0.3, 0.4) is 0 Å². The van der Waals surface area contributed by atoms with Crippen molar-refractivity contribution in [3.63, 3.8) is 0 Å². The van der Waals surface area contributed by atoms with Crippen LogP contribution in [-0.4, -0.2) is 22.2 Å². The molecular formula is C21H28N4O2. The Balaban J connectivity index is 1.38. The fourth-order valence-electron chi connectivity index (χ4n) is 4.08. The minimum Gasteiger partial charge on any atom is -0.339 e. The lowest BCUT2D eigenvalue weighted by Gasteiger charge is -2.39. The second-order valence-electron chi connectivity index (χ2n) is 8.90. The quantitative estimate of drug-likeness (QED) is 0.800. The van der Waals surface area contributed by atoms with E-state index >= 15 is 0 Å². The highest BCUT2D eigenvalue weighted by atomic mass is 16.5. The van der Waals surface area contributed by atoms with Gasteiger partial charge in [0.1, 0.15) is 0 Å². The molecule has 0 bridgehead atoms. The molecule has 2 N–H and O–H groups in total. The molecule has 2 aliphatic carbocycles. The van der Waals surface area contributed by atoms with Crippen LogP contribution in [-0.2, 0) is 0 Å². The van der Waals surface area contributed by atoms with Gasteiger partial charge in [-0.25, -0.2) is 4.79 Å². The summed E-state index contributed by atoms with van der Waals surface area (Å²) >= 11 is 0. The molecule has 0 radical (unpaired) electrons. The molecule has 6 heteroatoms. The molecule has 4 rings (SSSR count). The molecule has 2 aromatic rings. The zero-order valence-corrected chi connectivity index (χ0v) is 16.3. The second-order valence-corrected chi connectivity index (χ2v) is 8.90.